The number of ketones is 1. The van der Waals surface area contributed by atoms with Gasteiger partial charge in [-0.25, -0.2) is 0 Å². The van der Waals surface area contributed by atoms with Crippen molar-refractivity contribution < 1.29 is 24.0 Å². The van der Waals surface area contributed by atoms with E-state index in [0.717, 1.165) is 12.1 Å². The van der Waals surface area contributed by atoms with Crippen LogP contribution in [0, 0.1) is 0 Å². The van der Waals surface area contributed by atoms with Gasteiger partial charge >= 0.3 is 0 Å². The Hall–Kier alpha value is -2.71. The van der Waals surface area contributed by atoms with Gasteiger partial charge in [0.2, 0.25) is 5.91 Å². The lowest BCUT2D eigenvalue weighted by molar-refractivity contribution is -0.856. The highest BCUT2D eigenvalue weighted by atomic mass is 16.5. The van der Waals surface area contributed by atoms with Crippen molar-refractivity contribution in [3.8, 4) is 0 Å². The molecule has 8 heteroatoms. The maximum atomic E-state index is 12.7. The molecule has 0 saturated carbocycles. The van der Waals surface area contributed by atoms with Crippen molar-refractivity contribution in [2.75, 3.05) is 53.5 Å². The highest BCUT2D eigenvalue weighted by Crippen LogP contribution is 2.22. The molecule has 0 spiro atoms. The van der Waals surface area contributed by atoms with Gasteiger partial charge in [-0.15, -0.1) is 0 Å². The van der Waals surface area contributed by atoms with Crippen molar-refractivity contribution in [2.45, 2.75) is 6.54 Å². The highest BCUT2D eigenvalue weighted by Gasteiger charge is 2.23. The van der Waals surface area contributed by atoms with Crippen molar-refractivity contribution >= 4 is 28.5 Å². The van der Waals surface area contributed by atoms with Crippen LogP contribution >= 0.6 is 0 Å². The number of benzene rings is 1. The number of aromatic nitrogens is 1. The van der Waals surface area contributed by atoms with Gasteiger partial charge in [-0.3, -0.25) is 14.4 Å². The molecular formula is C20H27N4O4+. The molecule has 0 bridgehead atoms. The van der Waals surface area contributed by atoms with Crippen molar-refractivity contribution in [3.63, 3.8) is 0 Å². The molecule has 1 aromatic carbocycles. The van der Waals surface area contributed by atoms with E-state index in [9.17, 15) is 14.4 Å². The Morgan fingerprint density at radius 2 is 1.86 bits per heavy atom. The minimum absolute atomic E-state index is 0.0264. The Labute approximate surface area is 164 Å². The van der Waals surface area contributed by atoms with Gasteiger partial charge in [0.05, 0.1) is 46.0 Å². The first-order chi connectivity index (χ1) is 13.5. The number of para-hydroxylation sites is 1. The summed E-state index contributed by atoms with van der Waals surface area (Å²) in [5, 5.41) is 3.35. The summed E-state index contributed by atoms with van der Waals surface area (Å²) in [5.74, 6) is -1.23. The van der Waals surface area contributed by atoms with Crippen molar-refractivity contribution in [1.29, 1.82) is 0 Å². The molecule has 2 aromatic rings. The minimum Gasteiger partial charge on any atom is -0.378 e. The number of hydrogen-bond donors (Lipinski definition) is 2. The van der Waals surface area contributed by atoms with Crippen LogP contribution in [0.4, 0.5) is 0 Å². The van der Waals surface area contributed by atoms with Gasteiger partial charge in [-0.05, 0) is 6.07 Å². The van der Waals surface area contributed by atoms with Gasteiger partial charge in [0.1, 0.15) is 6.54 Å². The van der Waals surface area contributed by atoms with Crippen LogP contribution in [-0.4, -0.2) is 80.6 Å². The minimum atomic E-state index is -0.622. The maximum Gasteiger partial charge on any atom is 0.292 e. The van der Waals surface area contributed by atoms with Gasteiger partial charge in [0.15, 0.2) is 0 Å². The number of carbonyl (C=O) groups is 3. The molecule has 1 fully saturated rings. The summed E-state index contributed by atoms with van der Waals surface area (Å²) >= 11 is 0. The molecule has 0 aliphatic carbocycles. The van der Waals surface area contributed by atoms with Crippen LogP contribution in [0.15, 0.2) is 30.5 Å². The lowest BCUT2D eigenvalue weighted by atomic mass is 10.1. The van der Waals surface area contributed by atoms with E-state index < -0.39 is 11.7 Å². The number of morpholine rings is 1. The van der Waals surface area contributed by atoms with Crippen LogP contribution < -0.4 is 10.2 Å². The van der Waals surface area contributed by atoms with Gasteiger partial charge < -0.3 is 24.4 Å². The van der Waals surface area contributed by atoms with Crippen LogP contribution in [-0.2, 0) is 20.9 Å². The molecule has 1 saturated heterocycles. The molecule has 2 amide bonds. The summed E-state index contributed by atoms with van der Waals surface area (Å²) in [6, 6.07) is 7.33. The fourth-order valence-corrected chi connectivity index (χ4v) is 3.25. The van der Waals surface area contributed by atoms with E-state index in [-0.39, 0.29) is 12.5 Å². The predicted octanol–water partition coefficient (Wildman–Crippen LogP) is -1.06. The molecular weight excluding hydrogens is 360 g/mol. The summed E-state index contributed by atoms with van der Waals surface area (Å²) in [6.45, 7) is 3.50. The number of nitrogens with one attached hydrogen (secondary N) is 2. The third-order valence-electron chi connectivity index (χ3n) is 4.82. The van der Waals surface area contributed by atoms with E-state index in [2.05, 4.69) is 5.32 Å². The number of fused-ring (bicyclic) bond motifs is 1. The normalized spacial score (nSPS) is 14.5. The SMILES string of the molecule is C[NH+](C)CCNC(=O)C(=O)c1cn(CC(=O)N2CCOCC2)c2ccccc12. The second-order valence-electron chi connectivity index (χ2n) is 7.22. The second-order valence-corrected chi connectivity index (χ2v) is 7.22. The number of quaternary nitrogens is 1. The zero-order chi connectivity index (χ0) is 20.1. The van der Waals surface area contributed by atoms with E-state index in [4.69, 9.17) is 4.74 Å². The molecule has 8 nitrogen and oxygen atoms in total. The first-order valence-corrected chi connectivity index (χ1v) is 9.52. The predicted molar refractivity (Wildman–Crippen MR) is 104 cm³/mol. The topological polar surface area (TPSA) is 85.1 Å². The van der Waals surface area contributed by atoms with Crippen LogP contribution in [0.5, 0.6) is 0 Å². The quantitative estimate of drug-likeness (QED) is 0.469. The van der Waals surface area contributed by atoms with E-state index in [0.29, 0.717) is 43.8 Å². The number of Topliss-reactive ketones (excluding diaryl/α,β-unsaturated/α-hetero) is 1. The average Bonchev–Trinajstić information content (AvgIpc) is 3.06. The van der Waals surface area contributed by atoms with Gasteiger partial charge in [-0.2, -0.15) is 0 Å². The monoisotopic (exact) mass is 387 g/mol. The van der Waals surface area contributed by atoms with Gasteiger partial charge in [0, 0.05) is 30.2 Å². The standard InChI is InChI=1S/C20H26N4O4/c1-22(2)8-7-21-20(27)19(26)16-13-24(17-6-4-3-5-15(16)17)14-18(25)23-9-11-28-12-10-23/h3-6,13H,7-12,14H2,1-2H3,(H,21,27)/p+1. The number of nitrogens with zero attached hydrogens (tertiary/aromatic N) is 2. The first kappa shape index (κ1) is 20.0. The number of rotatable bonds is 7. The molecule has 1 aromatic heterocycles. The van der Waals surface area contributed by atoms with E-state index >= 15 is 0 Å². The number of carbonyl (C=O) groups excluding carboxylic acids is 3. The van der Waals surface area contributed by atoms with E-state index in [1.807, 2.05) is 32.3 Å². The van der Waals surface area contributed by atoms with E-state index in [1.165, 1.54) is 4.90 Å². The molecule has 28 heavy (non-hydrogen) atoms. The number of amides is 2. The number of likely N-dealkylation sites (N-methyl/N-ethyl adjacent to an activating group) is 1. The summed E-state index contributed by atoms with van der Waals surface area (Å²) in [4.78, 5) is 40.5. The first-order valence-electron chi connectivity index (χ1n) is 9.52. The maximum absolute atomic E-state index is 12.7. The Kier molecular flexibility index (Phi) is 6.43. The smallest absolute Gasteiger partial charge is 0.292 e. The third kappa shape index (κ3) is 4.58. The van der Waals surface area contributed by atoms with Crippen molar-refractivity contribution in [1.82, 2.24) is 14.8 Å². The molecule has 3 rings (SSSR count). The summed E-state index contributed by atoms with van der Waals surface area (Å²) in [7, 11) is 3.96. The molecule has 0 atom stereocenters. The zero-order valence-corrected chi connectivity index (χ0v) is 16.4. The third-order valence-corrected chi connectivity index (χ3v) is 4.82. The number of hydrogen-bond acceptors (Lipinski definition) is 4. The average molecular weight is 387 g/mol. The molecule has 0 radical (unpaired) electrons. The van der Waals surface area contributed by atoms with Crippen LogP contribution in [0.25, 0.3) is 10.9 Å². The summed E-state index contributed by atoms with van der Waals surface area (Å²) < 4.78 is 7.04. The Balaban J connectivity index is 1.79. The molecule has 2 N–H and O–H groups in total. The van der Waals surface area contributed by atoms with Crippen LogP contribution in [0.1, 0.15) is 10.4 Å². The molecule has 1 aliphatic rings. The Bertz CT molecular complexity index is 868. The molecule has 150 valence electrons. The Morgan fingerprint density at radius 1 is 1.14 bits per heavy atom. The van der Waals surface area contributed by atoms with E-state index in [1.54, 1.807) is 21.7 Å². The lowest BCUT2D eigenvalue weighted by Crippen LogP contribution is -3.06. The fourth-order valence-electron chi connectivity index (χ4n) is 3.25. The summed E-state index contributed by atoms with van der Waals surface area (Å²) in [5.41, 5.74) is 1.08. The van der Waals surface area contributed by atoms with Gasteiger partial charge in [0.25, 0.3) is 11.7 Å². The molecule has 0 unspecified atom stereocenters. The molecule has 1 aliphatic heterocycles. The zero-order valence-electron chi connectivity index (χ0n) is 16.4. The molecule has 2 heterocycles. The van der Waals surface area contributed by atoms with Crippen molar-refractivity contribution in [3.05, 3.63) is 36.0 Å². The summed E-state index contributed by atoms with van der Waals surface area (Å²) in [6.07, 6.45) is 1.61. The lowest BCUT2D eigenvalue weighted by Gasteiger charge is -2.27. The van der Waals surface area contributed by atoms with Gasteiger partial charge in [-0.1, -0.05) is 18.2 Å². The highest BCUT2D eigenvalue weighted by molar-refractivity contribution is 6.45. The second kappa shape index (κ2) is 8.99. The van der Waals surface area contributed by atoms with Crippen molar-refractivity contribution in [2.24, 2.45) is 0 Å². The Morgan fingerprint density at radius 3 is 2.57 bits per heavy atom. The number of ether oxygens (including phenoxy) is 1. The van der Waals surface area contributed by atoms with Crippen LogP contribution in [0.2, 0.25) is 0 Å². The largest absolute Gasteiger partial charge is 0.378 e. The fraction of sp³-hybridized carbons (Fsp3) is 0.450. The van der Waals surface area contributed by atoms with Crippen LogP contribution in [0.3, 0.4) is 0 Å².